The third kappa shape index (κ3) is 0.722. The third-order valence-electron chi connectivity index (χ3n) is 3.16. The van der Waals surface area contributed by atoms with Crippen LogP contribution in [-0.2, 0) is 4.74 Å². The number of ether oxygens (including phenoxy) is 1. The molecule has 2 unspecified atom stereocenters. The minimum atomic E-state index is -0.184. The minimum absolute atomic E-state index is 0.184. The van der Waals surface area contributed by atoms with Gasteiger partial charge in [0, 0.05) is 12.0 Å². The molecule has 2 fully saturated rings. The smallest absolute Gasteiger partial charge is 0.0833 e. The van der Waals surface area contributed by atoms with Crippen molar-refractivity contribution in [2.45, 2.75) is 25.9 Å². The van der Waals surface area contributed by atoms with Gasteiger partial charge in [0.15, 0.2) is 0 Å². The minimum Gasteiger partial charge on any atom is -0.390 e. The lowest BCUT2D eigenvalue weighted by atomic mass is 9.91. The first-order valence-corrected chi connectivity index (χ1v) is 4.01. The number of hydrogen-bond donors (Lipinski definition) is 1. The average molecular weight is 142 g/mol. The van der Waals surface area contributed by atoms with Crippen LogP contribution in [0.25, 0.3) is 0 Å². The number of aliphatic hydroxyl groups is 1. The van der Waals surface area contributed by atoms with Gasteiger partial charge in [-0.3, -0.25) is 0 Å². The van der Waals surface area contributed by atoms with Crippen molar-refractivity contribution in [3.05, 3.63) is 0 Å². The van der Waals surface area contributed by atoms with E-state index in [1.807, 2.05) is 0 Å². The summed E-state index contributed by atoms with van der Waals surface area (Å²) >= 11 is 0. The molecule has 58 valence electrons. The predicted octanol–water partition coefficient (Wildman–Crippen LogP) is 0.794. The van der Waals surface area contributed by atoms with E-state index in [0.29, 0.717) is 6.61 Å². The monoisotopic (exact) mass is 142 g/mol. The molecule has 0 radical (unpaired) electrons. The molecule has 2 nitrogen and oxygen atoms in total. The summed E-state index contributed by atoms with van der Waals surface area (Å²) in [5, 5.41) is 9.54. The molecule has 10 heavy (non-hydrogen) atoms. The summed E-state index contributed by atoms with van der Waals surface area (Å²) in [6.45, 7) is 3.63. The Labute approximate surface area is 61.2 Å². The largest absolute Gasteiger partial charge is 0.390 e. The van der Waals surface area contributed by atoms with Crippen LogP contribution in [0.1, 0.15) is 19.8 Å². The van der Waals surface area contributed by atoms with Gasteiger partial charge in [-0.15, -0.1) is 0 Å². The lowest BCUT2D eigenvalue weighted by molar-refractivity contribution is -0.0598. The number of aliphatic hydroxyl groups excluding tert-OH is 1. The van der Waals surface area contributed by atoms with Crippen LogP contribution in [0, 0.1) is 11.3 Å². The summed E-state index contributed by atoms with van der Waals surface area (Å²) in [4.78, 5) is 0. The molecule has 0 aromatic rings. The van der Waals surface area contributed by atoms with E-state index in [1.54, 1.807) is 0 Å². The summed E-state index contributed by atoms with van der Waals surface area (Å²) in [5.74, 6) is 0.728. The molecule has 1 saturated heterocycles. The Kier molecular flexibility index (Phi) is 1.29. The van der Waals surface area contributed by atoms with Crippen LogP contribution in [0.5, 0.6) is 0 Å². The van der Waals surface area contributed by atoms with Crippen LogP contribution in [0.15, 0.2) is 0 Å². The second kappa shape index (κ2) is 1.95. The van der Waals surface area contributed by atoms with E-state index < -0.39 is 0 Å². The van der Waals surface area contributed by atoms with Gasteiger partial charge in [0.2, 0.25) is 0 Å². The summed E-state index contributed by atoms with van der Waals surface area (Å²) in [6, 6.07) is 0. The van der Waals surface area contributed by atoms with E-state index in [4.69, 9.17) is 4.74 Å². The van der Waals surface area contributed by atoms with Crippen molar-refractivity contribution >= 4 is 0 Å². The Morgan fingerprint density at radius 3 is 2.70 bits per heavy atom. The van der Waals surface area contributed by atoms with Crippen LogP contribution in [0.3, 0.4) is 0 Å². The van der Waals surface area contributed by atoms with Gasteiger partial charge < -0.3 is 9.84 Å². The maximum absolute atomic E-state index is 9.54. The molecule has 3 atom stereocenters. The molecule has 1 spiro atoms. The predicted molar refractivity (Wildman–Crippen MR) is 37.7 cm³/mol. The maximum atomic E-state index is 9.54. The third-order valence-corrected chi connectivity index (χ3v) is 3.16. The van der Waals surface area contributed by atoms with Gasteiger partial charge in [-0.25, -0.2) is 0 Å². The second-order valence-electron chi connectivity index (χ2n) is 3.68. The Morgan fingerprint density at radius 1 is 1.60 bits per heavy atom. The highest BCUT2D eigenvalue weighted by molar-refractivity contribution is 5.05. The first-order valence-electron chi connectivity index (χ1n) is 4.01. The van der Waals surface area contributed by atoms with E-state index in [1.165, 1.54) is 6.42 Å². The van der Waals surface area contributed by atoms with Gasteiger partial charge in [-0.1, -0.05) is 6.92 Å². The van der Waals surface area contributed by atoms with Crippen LogP contribution in [0.2, 0.25) is 0 Å². The van der Waals surface area contributed by atoms with Gasteiger partial charge in [0.25, 0.3) is 0 Å². The van der Waals surface area contributed by atoms with Crippen LogP contribution >= 0.6 is 0 Å². The molecule has 1 saturated carbocycles. The Bertz CT molecular complexity index is 146. The molecule has 1 aliphatic carbocycles. The number of hydrogen-bond acceptors (Lipinski definition) is 2. The van der Waals surface area contributed by atoms with Crippen molar-refractivity contribution in [1.82, 2.24) is 0 Å². The van der Waals surface area contributed by atoms with E-state index >= 15 is 0 Å². The van der Waals surface area contributed by atoms with Gasteiger partial charge in [-0.2, -0.15) is 0 Å². The first-order chi connectivity index (χ1) is 4.76. The maximum Gasteiger partial charge on any atom is 0.0833 e. The fraction of sp³-hybridized carbons (Fsp3) is 1.00. The highest BCUT2D eigenvalue weighted by Crippen LogP contribution is 2.58. The Hall–Kier alpha value is -0.0800. The molecule has 1 aliphatic heterocycles. The van der Waals surface area contributed by atoms with Gasteiger partial charge in [0.05, 0.1) is 12.7 Å². The molecule has 2 aliphatic rings. The van der Waals surface area contributed by atoms with Crippen molar-refractivity contribution in [1.29, 1.82) is 0 Å². The Morgan fingerprint density at radius 2 is 2.30 bits per heavy atom. The molecule has 2 heteroatoms. The molecule has 0 aromatic heterocycles. The van der Waals surface area contributed by atoms with Crippen molar-refractivity contribution in [2.24, 2.45) is 11.3 Å². The fourth-order valence-corrected chi connectivity index (χ4v) is 2.11. The van der Waals surface area contributed by atoms with E-state index in [-0.39, 0.29) is 11.5 Å². The number of rotatable bonds is 0. The molecule has 1 heterocycles. The van der Waals surface area contributed by atoms with Gasteiger partial charge in [-0.05, 0) is 18.8 Å². The fourth-order valence-electron chi connectivity index (χ4n) is 2.11. The molecule has 0 bridgehead atoms. The molecular formula is C8H14O2. The highest BCUT2D eigenvalue weighted by Gasteiger charge is 2.56. The van der Waals surface area contributed by atoms with E-state index in [0.717, 1.165) is 18.9 Å². The van der Waals surface area contributed by atoms with E-state index in [2.05, 4.69) is 6.92 Å². The normalized spacial score (nSPS) is 53.4. The standard InChI is InChI=1S/C8H14O2/c1-6-4-8(6)2-3-10-5-7(8)9/h6-7,9H,2-5H2,1H3/t6?,7-,8?/m0/s1. The quantitative estimate of drug-likeness (QED) is 0.542. The summed E-state index contributed by atoms with van der Waals surface area (Å²) in [6.07, 6.45) is 2.09. The lowest BCUT2D eigenvalue weighted by Crippen LogP contribution is -2.34. The zero-order valence-corrected chi connectivity index (χ0v) is 6.34. The zero-order chi connectivity index (χ0) is 7.19. The highest BCUT2D eigenvalue weighted by atomic mass is 16.5. The van der Waals surface area contributed by atoms with E-state index in [9.17, 15) is 5.11 Å². The summed E-state index contributed by atoms with van der Waals surface area (Å²) in [5.41, 5.74) is 0.276. The van der Waals surface area contributed by atoms with Gasteiger partial charge >= 0.3 is 0 Å². The SMILES string of the molecule is CC1CC12CCOC[C@@H]2O. The molecule has 0 amide bonds. The van der Waals surface area contributed by atoms with Crippen molar-refractivity contribution in [3.63, 3.8) is 0 Å². The van der Waals surface area contributed by atoms with Crippen molar-refractivity contribution < 1.29 is 9.84 Å². The summed E-state index contributed by atoms with van der Waals surface area (Å²) < 4.78 is 5.16. The van der Waals surface area contributed by atoms with Crippen molar-refractivity contribution in [2.75, 3.05) is 13.2 Å². The van der Waals surface area contributed by atoms with Crippen LogP contribution in [0.4, 0.5) is 0 Å². The molecular weight excluding hydrogens is 128 g/mol. The van der Waals surface area contributed by atoms with Gasteiger partial charge in [0.1, 0.15) is 0 Å². The van der Waals surface area contributed by atoms with Crippen LogP contribution in [-0.4, -0.2) is 24.4 Å². The zero-order valence-electron chi connectivity index (χ0n) is 6.34. The lowest BCUT2D eigenvalue weighted by Gasteiger charge is -2.28. The average Bonchev–Trinajstić information content (AvgIpc) is 2.53. The Balaban J connectivity index is 2.06. The summed E-state index contributed by atoms with van der Waals surface area (Å²) in [7, 11) is 0. The molecule has 2 rings (SSSR count). The topological polar surface area (TPSA) is 29.5 Å². The second-order valence-corrected chi connectivity index (χ2v) is 3.68. The molecule has 0 aromatic carbocycles. The first kappa shape index (κ1) is 6.62. The molecule has 1 N–H and O–H groups in total. The van der Waals surface area contributed by atoms with Crippen molar-refractivity contribution in [3.8, 4) is 0 Å². The van der Waals surface area contributed by atoms with Crippen LogP contribution < -0.4 is 0 Å².